The highest BCUT2D eigenvalue weighted by atomic mass is 35.5. The molecule has 1 aliphatic rings. The van der Waals surface area contributed by atoms with Crippen LogP contribution in [0.25, 0.3) is 6.08 Å². The minimum Gasteiger partial charge on any atom is -0.294 e. The van der Waals surface area contributed by atoms with E-state index in [0.717, 1.165) is 33.7 Å². The van der Waals surface area contributed by atoms with Crippen LogP contribution in [0.5, 0.6) is 0 Å². The van der Waals surface area contributed by atoms with Gasteiger partial charge in [0.2, 0.25) is 0 Å². The lowest BCUT2D eigenvalue weighted by atomic mass is 9.86. The van der Waals surface area contributed by atoms with E-state index >= 15 is 0 Å². The van der Waals surface area contributed by atoms with Crippen molar-refractivity contribution in [2.75, 3.05) is 0 Å². The molecule has 0 aromatic heterocycles. The van der Waals surface area contributed by atoms with Crippen molar-refractivity contribution in [3.05, 3.63) is 75.8 Å². The molecule has 0 atom stereocenters. The van der Waals surface area contributed by atoms with Crippen LogP contribution >= 0.6 is 11.6 Å². The lowest BCUT2D eigenvalue weighted by Crippen LogP contribution is -2.12. The standard InChI is InChI=1S/C17H13ClO/c18-16-8-4-2-6-14(16)10-12-9-13-5-1-3-7-15(13)17(19)11-12/h1-8,10H,9,11H2. The van der Waals surface area contributed by atoms with E-state index < -0.39 is 0 Å². The summed E-state index contributed by atoms with van der Waals surface area (Å²) in [5.41, 5.74) is 4.07. The number of Topliss-reactive ketones (excluding diaryl/α,β-unsaturated/α-hetero) is 1. The predicted octanol–water partition coefficient (Wildman–Crippen LogP) is 4.55. The first kappa shape index (κ1) is 12.2. The number of halogens is 1. The van der Waals surface area contributed by atoms with Crippen molar-refractivity contribution in [1.29, 1.82) is 0 Å². The largest absolute Gasteiger partial charge is 0.294 e. The smallest absolute Gasteiger partial charge is 0.167 e. The molecule has 0 N–H and O–H groups in total. The lowest BCUT2D eigenvalue weighted by molar-refractivity contribution is 0.0987. The molecule has 0 spiro atoms. The fourth-order valence-corrected chi connectivity index (χ4v) is 2.66. The normalized spacial score (nSPS) is 16.5. The molecule has 0 aliphatic heterocycles. The van der Waals surface area contributed by atoms with Crippen molar-refractivity contribution >= 4 is 23.5 Å². The van der Waals surface area contributed by atoms with E-state index in [2.05, 4.69) is 0 Å². The quantitative estimate of drug-likeness (QED) is 0.741. The van der Waals surface area contributed by atoms with Crippen molar-refractivity contribution in [3.8, 4) is 0 Å². The maximum absolute atomic E-state index is 12.1. The van der Waals surface area contributed by atoms with Gasteiger partial charge in [0.05, 0.1) is 0 Å². The van der Waals surface area contributed by atoms with E-state index in [-0.39, 0.29) is 5.78 Å². The molecular formula is C17H13ClO. The van der Waals surface area contributed by atoms with Gasteiger partial charge >= 0.3 is 0 Å². The molecule has 0 fully saturated rings. The summed E-state index contributed by atoms with van der Waals surface area (Å²) >= 11 is 6.15. The Morgan fingerprint density at radius 2 is 1.68 bits per heavy atom. The lowest BCUT2D eigenvalue weighted by Gasteiger charge is -2.17. The topological polar surface area (TPSA) is 17.1 Å². The summed E-state index contributed by atoms with van der Waals surface area (Å²) in [6.45, 7) is 0. The molecule has 2 heteroatoms. The van der Waals surface area contributed by atoms with Gasteiger partial charge < -0.3 is 0 Å². The third kappa shape index (κ3) is 2.47. The minimum absolute atomic E-state index is 0.195. The van der Waals surface area contributed by atoms with Gasteiger partial charge in [-0.05, 0) is 23.6 Å². The minimum atomic E-state index is 0.195. The Morgan fingerprint density at radius 1 is 0.947 bits per heavy atom. The summed E-state index contributed by atoms with van der Waals surface area (Å²) in [5, 5.41) is 0.723. The maximum atomic E-state index is 12.1. The zero-order valence-corrected chi connectivity index (χ0v) is 11.2. The molecule has 2 aromatic carbocycles. The first-order valence-electron chi connectivity index (χ1n) is 6.29. The first-order valence-corrected chi connectivity index (χ1v) is 6.67. The van der Waals surface area contributed by atoms with Crippen LogP contribution in [-0.2, 0) is 6.42 Å². The number of carbonyl (C=O) groups excluding carboxylic acids is 1. The molecule has 0 bridgehead atoms. The first-order chi connectivity index (χ1) is 9.24. The molecule has 19 heavy (non-hydrogen) atoms. The van der Waals surface area contributed by atoms with E-state index in [0.29, 0.717) is 6.42 Å². The molecule has 1 nitrogen and oxygen atoms in total. The number of ketones is 1. The van der Waals surface area contributed by atoms with Crippen LogP contribution < -0.4 is 0 Å². The Balaban J connectivity index is 1.98. The third-order valence-electron chi connectivity index (χ3n) is 3.39. The zero-order chi connectivity index (χ0) is 13.2. The van der Waals surface area contributed by atoms with Crippen molar-refractivity contribution in [2.45, 2.75) is 12.8 Å². The van der Waals surface area contributed by atoms with Gasteiger partial charge in [-0.15, -0.1) is 0 Å². The Labute approximate surface area is 117 Å². The van der Waals surface area contributed by atoms with Crippen LogP contribution in [-0.4, -0.2) is 5.78 Å². The van der Waals surface area contributed by atoms with Crippen LogP contribution in [0.15, 0.2) is 54.1 Å². The van der Waals surface area contributed by atoms with Crippen LogP contribution in [0.3, 0.4) is 0 Å². The summed E-state index contributed by atoms with van der Waals surface area (Å²) in [6, 6.07) is 15.5. The van der Waals surface area contributed by atoms with Gasteiger partial charge in [0.15, 0.2) is 5.78 Å². The molecule has 0 radical (unpaired) electrons. The number of hydrogen-bond acceptors (Lipinski definition) is 1. The highest BCUT2D eigenvalue weighted by Crippen LogP contribution is 2.28. The van der Waals surface area contributed by atoms with Gasteiger partial charge in [0.1, 0.15) is 0 Å². The Kier molecular flexibility index (Phi) is 3.22. The average molecular weight is 269 g/mol. The summed E-state index contributed by atoms with van der Waals surface area (Å²) in [5.74, 6) is 0.195. The summed E-state index contributed by atoms with van der Waals surface area (Å²) in [4.78, 5) is 12.1. The van der Waals surface area contributed by atoms with E-state index in [9.17, 15) is 4.79 Å². The predicted molar refractivity (Wildman–Crippen MR) is 78.5 cm³/mol. The number of benzene rings is 2. The van der Waals surface area contributed by atoms with Crippen molar-refractivity contribution in [3.63, 3.8) is 0 Å². The fraction of sp³-hybridized carbons (Fsp3) is 0.118. The Hall–Kier alpha value is -1.86. The van der Waals surface area contributed by atoms with Crippen LogP contribution in [0.4, 0.5) is 0 Å². The third-order valence-corrected chi connectivity index (χ3v) is 3.73. The second-order valence-electron chi connectivity index (χ2n) is 4.76. The van der Waals surface area contributed by atoms with Gasteiger partial charge in [-0.1, -0.05) is 65.7 Å². The SMILES string of the molecule is O=C1CC(=Cc2ccccc2Cl)Cc2ccccc21. The zero-order valence-electron chi connectivity index (χ0n) is 10.4. The molecular weight excluding hydrogens is 256 g/mol. The van der Waals surface area contributed by atoms with Crippen molar-refractivity contribution in [1.82, 2.24) is 0 Å². The Bertz CT molecular complexity index is 670. The monoisotopic (exact) mass is 268 g/mol. The number of hydrogen-bond donors (Lipinski definition) is 0. The molecule has 94 valence electrons. The van der Waals surface area contributed by atoms with Crippen LogP contribution in [0.1, 0.15) is 27.9 Å². The Morgan fingerprint density at radius 3 is 2.53 bits per heavy atom. The van der Waals surface area contributed by atoms with E-state index in [1.807, 2.05) is 54.6 Å². The number of fused-ring (bicyclic) bond motifs is 1. The highest BCUT2D eigenvalue weighted by molar-refractivity contribution is 6.32. The highest BCUT2D eigenvalue weighted by Gasteiger charge is 2.19. The molecule has 0 amide bonds. The van der Waals surface area contributed by atoms with Gasteiger partial charge in [-0.25, -0.2) is 0 Å². The van der Waals surface area contributed by atoms with Gasteiger partial charge in [-0.2, -0.15) is 0 Å². The van der Waals surface area contributed by atoms with E-state index in [1.165, 1.54) is 0 Å². The number of carbonyl (C=O) groups is 1. The van der Waals surface area contributed by atoms with Gasteiger partial charge in [0, 0.05) is 17.0 Å². The van der Waals surface area contributed by atoms with Crippen molar-refractivity contribution < 1.29 is 4.79 Å². The molecule has 0 saturated heterocycles. The fourth-order valence-electron chi connectivity index (χ4n) is 2.47. The second-order valence-corrected chi connectivity index (χ2v) is 5.17. The van der Waals surface area contributed by atoms with Crippen LogP contribution in [0.2, 0.25) is 5.02 Å². The van der Waals surface area contributed by atoms with E-state index in [4.69, 9.17) is 11.6 Å². The molecule has 0 unspecified atom stereocenters. The molecule has 2 aromatic rings. The molecule has 1 aliphatic carbocycles. The maximum Gasteiger partial charge on any atom is 0.167 e. The van der Waals surface area contributed by atoms with Gasteiger partial charge in [0.25, 0.3) is 0 Å². The second kappa shape index (κ2) is 5.02. The van der Waals surface area contributed by atoms with Crippen LogP contribution in [0, 0.1) is 0 Å². The molecule has 0 heterocycles. The number of allylic oxidation sites excluding steroid dienone is 1. The summed E-state index contributed by atoms with van der Waals surface area (Å²) in [7, 11) is 0. The van der Waals surface area contributed by atoms with Gasteiger partial charge in [-0.3, -0.25) is 4.79 Å². The van der Waals surface area contributed by atoms with E-state index in [1.54, 1.807) is 0 Å². The summed E-state index contributed by atoms with van der Waals surface area (Å²) < 4.78 is 0. The van der Waals surface area contributed by atoms with Crippen molar-refractivity contribution in [2.24, 2.45) is 0 Å². The number of rotatable bonds is 1. The molecule has 0 saturated carbocycles. The molecule has 3 rings (SSSR count). The summed E-state index contributed by atoms with van der Waals surface area (Å²) in [6.07, 6.45) is 3.35. The average Bonchev–Trinajstić information content (AvgIpc) is 2.42.